The van der Waals surface area contributed by atoms with E-state index in [0.29, 0.717) is 11.8 Å². The second-order valence-corrected chi connectivity index (χ2v) is 17.5. The smallest absolute Gasteiger partial charge is 0.550 e. The minimum Gasteiger partial charge on any atom is -0.550 e. The summed E-state index contributed by atoms with van der Waals surface area (Å²) in [5.41, 5.74) is 0. The number of hydrogen-bond acceptors (Lipinski definition) is 16. The van der Waals surface area contributed by atoms with Gasteiger partial charge in [-0.3, -0.25) is 42.5 Å². The van der Waals surface area contributed by atoms with Crippen LogP contribution in [-0.2, 0) is 109 Å². The number of aliphatic carboxylic acids is 4. The zero-order valence-electron chi connectivity index (χ0n) is 30.5. The number of carboxylic acid groups (broad SMARTS) is 4. The zero-order chi connectivity index (χ0) is 36.0. The molecule has 8 bridgehead atoms. The molecule has 20 heteroatoms. The molecule has 9 rings (SSSR count). The average molecular weight is 1160 g/mol. The molecule has 20 unspecified atom stereocenters. The van der Waals surface area contributed by atoms with Crippen molar-refractivity contribution in [3.8, 4) is 0 Å². The Kier molecular flexibility index (Phi) is 16.4. The van der Waals surface area contributed by atoms with Gasteiger partial charge in [0.2, 0.25) is 0 Å². The number of fused-ring (bicyclic) bond motifs is 20. The Morgan fingerprint density at radius 2 is 0.482 bits per heavy atom. The Hall–Kier alpha value is 0.521. The van der Waals surface area contributed by atoms with Crippen LogP contribution in [0.5, 0.6) is 0 Å². The van der Waals surface area contributed by atoms with Crippen LogP contribution in [0.15, 0.2) is 0 Å². The quantitative estimate of drug-likeness (QED) is 0.122. The fourth-order valence-corrected chi connectivity index (χ4v) is 13.4. The van der Waals surface area contributed by atoms with E-state index >= 15 is 0 Å². The maximum Gasteiger partial charge on any atom is 1.00 e. The van der Waals surface area contributed by atoms with E-state index in [4.69, 9.17) is 0 Å². The summed E-state index contributed by atoms with van der Waals surface area (Å²) in [4.78, 5) is 51.3. The van der Waals surface area contributed by atoms with Gasteiger partial charge in [-0.25, -0.2) is 0 Å². The molecule has 4 saturated carbocycles. The second-order valence-electron chi connectivity index (χ2n) is 17.5. The standard InChI is InChI=1S/C36H56N8O8.4Ag/c45-33(46)21-19-20(22(34(47)48)24(36(51)52)23(21)35(49)50)32-43-30-18-12-6-4-10-16(18)28(41-30)39-26-14-8-2-1-7-13(14)25(37-26)38-27-15-9-3-5-11-17(15)29(40-27)42-31(19)44-32;;;;/h13-32,37-44H,1-12H2,(H,45,46)(H,47,48)(H,49,50)(H,51,52);;;;/q;4*+1/p-4. The third-order valence-corrected chi connectivity index (χ3v) is 15.4. The maximum atomic E-state index is 13.0. The number of carbonyl (C=O) groups is 4. The van der Waals surface area contributed by atoms with Crippen LogP contribution in [0, 0.1) is 71.0 Å². The molecule has 5 saturated heterocycles. The van der Waals surface area contributed by atoms with Crippen molar-refractivity contribution >= 4 is 23.9 Å². The van der Waals surface area contributed by atoms with E-state index in [0.717, 1.165) is 64.2 Å². The third kappa shape index (κ3) is 8.26. The van der Waals surface area contributed by atoms with Crippen molar-refractivity contribution in [2.75, 3.05) is 0 Å². The summed E-state index contributed by atoms with van der Waals surface area (Å²) in [6, 6.07) is 0. The predicted octanol–water partition coefficient (Wildman–Crippen LogP) is -5.50. The molecule has 20 atom stereocenters. The number of carbonyl (C=O) groups excluding carboxylic acids is 4. The minimum absolute atomic E-state index is 0. The molecule has 5 heterocycles. The number of carboxylic acids is 4. The summed E-state index contributed by atoms with van der Waals surface area (Å²) in [7, 11) is 0. The Balaban J connectivity index is 0.00000150. The van der Waals surface area contributed by atoms with Crippen molar-refractivity contribution in [1.82, 2.24) is 42.5 Å². The molecule has 4 aliphatic carbocycles. The molecule has 0 radical (unpaired) electrons. The molecule has 5 aliphatic heterocycles. The summed E-state index contributed by atoms with van der Waals surface area (Å²) in [5, 5.41) is 81.6. The maximum absolute atomic E-state index is 13.0. The van der Waals surface area contributed by atoms with Crippen molar-refractivity contribution in [1.29, 1.82) is 0 Å². The summed E-state index contributed by atoms with van der Waals surface area (Å²) in [6.45, 7) is 0. The minimum atomic E-state index is -2.20. The van der Waals surface area contributed by atoms with Crippen LogP contribution >= 0.6 is 0 Å². The first-order valence-corrected chi connectivity index (χ1v) is 20.0. The molecule has 0 spiro atoms. The zero-order valence-corrected chi connectivity index (χ0v) is 36.4. The molecule has 0 aromatic rings. The van der Waals surface area contributed by atoms with Crippen LogP contribution in [0.4, 0.5) is 0 Å². The molecular weight excluding hydrogens is 1100 g/mol. The van der Waals surface area contributed by atoms with Crippen molar-refractivity contribution in [2.45, 2.75) is 126 Å². The number of hydrogen-bond donors (Lipinski definition) is 8. The second kappa shape index (κ2) is 19.3. The van der Waals surface area contributed by atoms with Gasteiger partial charge in [0.15, 0.2) is 0 Å². The van der Waals surface area contributed by atoms with Gasteiger partial charge in [-0.15, -0.1) is 0 Å². The number of nitrogens with one attached hydrogen (secondary N) is 8. The van der Waals surface area contributed by atoms with Gasteiger partial charge in [-0.2, -0.15) is 0 Å². The van der Waals surface area contributed by atoms with E-state index in [1.54, 1.807) is 0 Å². The van der Waals surface area contributed by atoms with Gasteiger partial charge in [0, 0.05) is 59.4 Å². The van der Waals surface area contributed by atoms with Gasteiger partial charge in [0.1, 0.15) is 0 Å². The molecule has 0 aromatic carbocycles. The van der Waals surface area contributed by atoms with Crippen molar-refractivity contribution < 1.29 is 129 Å². The first-order chi connectivity index (χ1) is 25.1. The Morgan fingerprint density at radius 3 is 0.679 bits per heavy atom. The monoisotopic (exact) mass is 1150 g/mol. The van der Waals surface area contributed by atoms with Crippen molar-refractivity contribution in [3.05, 3.63) is 0 Å². The van der Waals surface area contributed by atoms with Gasteiger partial charge in [0.05, 0.1) is 49.3 Å². The molecule has 328 valence electrons. The van der Waals surface area contributed by atoms with Gasteiger partial charge in [0.25, 0.3) is 0 Å². The molecular formula is C36H52Ag4N8O8. The van der Waals surface area contributed by atoms with Crippen LogP contribution in [0.2, 0.25) is 0 Å². The van der Waals surface area contributed by atoms with Gasteiger partial charge >= 0.3 is 89.5 Å². The fourth-order valence-electron chi connectivity index (χ4n) is 13.4. The van der Waals surface area contributed by atoms with Crippen LogP contribution in [-0.4, -0.2) is 73.2 Å². The van der Waals surface area contributed by atoms with Crippen LogP contribution in [0.3, 0.4) is 0 Å². The Labute approximate surface area is 389 Å². The fraction of sp³-hybridized carbons (Fsp3) is 0.889. The SMILES string of the molecule is O=C([O-])C1C(C(=O)[O-])C(C(=O)[O-])C2C3NC4NC(NC5NC(NC6NC(NC(N3)C2C1C(=O)[O-])C1CCCCC61)C1CCCCC51)C1CCCCC41.[Ag+].[Ag+].[Ag+].[Ag+]. The Bertz CT molecular complexity index is 1360. The van der Waals surface area contributed by atoms with Gasteiger partial charge < -0.3 is 39.6 Å². The molecule has 0 amide bonds. The topological polar surface area (TPSA) is 257 Å². The predicted molar refractivity (Wildman–Crippen MR) is 173 cm³/mol. The third-order valence-electron chi connectivity index (χ3n) is 15.4. The first kappa shape index (κ1) is 47.6. The van der Waals surface area contributed by atoms with E-state index in [-0.39, 0.29) is 150 Å². The summed E-state index contributed by atoms with van der Waals surface area (Å²) < 4.78 is 0. The molecule has 16 nitrogen and oxygen atoms in total. The summed E-state index contributed by atoms with van der Waals surface area (Å²) in [6.07, 6.45) is 10.5. The molecule has 0 aromatic heterocycles. The van der Waals surface area contributed by atoms with Crippen LogP contribution < -0.4 is 63.0 Å². The van der Waals surface area contributed by atoms with Crippen molar-refractivity contribution in [3.63, 3.8) is 0 Å². The summed E-state index contributed by atoms with van der Waals surface area (Å²) >= 11 is 0. The van der Waals surface area contributed by atoms with E-state index in [1.807, 2.05) is 0 Å². The average Bonchev–Trinajstić information content (AvgIpc) is 3.86. The summed E-state index contributed by atoms with van der Waals surface area (Å²) in [5.74, 6) is -16.1. The largest absolute Gasteiger partial charge is 1.00 e. The molecule has 9 aliphatic rings. The van der Waals surface area contributed by atoms with E-state index < -0.39 is 71.7 Å². The van der Waals surface area contributed by atoms with E-state index in [9.17, 15) is 39.6 Å². The van der Waals surface area contributed by atoms with Gasteiger partial charge in [-0.1, -0.05) is 38.5 Å². The molecule has 56 heavy (non-hydrogen) atoms. The first-order valence-electron chi connectivity index (χ1n) is 20.0. The molecule has 9 fully saturated rings. The normalized spacial score (nSPS) is 48.7. The van der Waals surface area contributed by atoms with E-state index in [2.05, 4.69) is 42.5 Å². The van der Waals surface area contributed by atoms with Gasteiger partial charge in [-0.05, 0) is 74.0 Å². The Morgan fingerprint density at radius 1 is 0.304 bits per heavy atom. The molecule has 8 N–H and O–H groups in total. The van der Waals surface area contributed by atoms with Crippen LogP contribution in [0.1, 0.15) is 77.0 Å². The van der Waals surface area contributed by atoms with Crippen molar-refractivity contribution in [2.24, 2.45) is 71.0 Å². The number of rotatable bonds is 4. The van der Waals surface area contributed by atoms with E-state index in [1.165, 1.54) is 12.8 Å². The van der Waals surface area contributed by atoms with Crippen LogP contribution in [0.25, 0.3) is 0 Å².